The summed E-state index contributed by atoms with van der Waals surface area (Å²) in [4.78, 5) is 35.3. The maximum Gasteiger partial charge on any atom is 0.337 e. The summed E-state index contributed by atoms with van der Waals surface area (Å²) in [6.45, 7) is 5.59. The molecule has 0 aromatic heterocycles. The first-order valence-corrected chi connectivity index (χ1v) is 6.24. The highest BCUT2D eigenvalue weighted by molar-refractivity contribution is 5.84. The molecule has 0 aromatic rings. The van der Waals surface area contributed by atoms with Gasteiger partial charge in [-0.2, -0.15) is 0 Å². The lowest BCUT2D eigenvalue weighted by Crippen LogP contribution is -2.46. The van der Waals surface area contributed by atoms with E-state index in [1.54, 1.807) is 4.90 Å². The minimum Gasteiger partial charge on any atom is -0.479 e. The summed E-state index contributed by atoms with van der Waals surface area (Å²) >= 11 is 0. The van der Waals surface area contributed by atoms with Gasteiger partial charge in [0.05, 0.1) is 6.54 Å². The number of carbonyl (C=O) groups excluding carboxylic acids is 2. The summed E-state index contributed by atoms with van der Waals surface area (Å²) < 4.78 is 0. The van der Waals surface area contributed by atoms with Crippen LogP contribution in [0, 0.1) is 0 Å². The van der Waals surface area contributed by atoms with Crippen LogP contribution in [0.4, 0.5) is 0 Å². The Morgan fingerprint density at radius 3 is 2.11 bits per heavy atom. The van der Waals surface area contributed by atoms with Crippen molar-refractivity contribution in [3.63, 3.8) is 0 Å². The Labute approximate surface area is 112 Å². The van der Waals surface area contributed by atoms with E-state index < -0.39 is 17.5 Å². The lowest BCUT2D eigenvalue weighted by atomic mass is 10.1. The van der Waals surface area contributed by atoms with Crippen molar-refractivity contribution in [2.24, 2.45) is 0 Å². The standard InChI is InChI=1S/C12H22N2O5/c1-4-14(5-2)10(16)7-6-9(15)13-8-12(3,19)11(17)18/h19H,4-8H2,1-3H3,(H,13,15)(H,17,18). The Bertz CT molecular complexity index is 337. The van der Waals surface area contributed by atoms with Crippen molar-refractivity contribution in [2.75, 3.05) is 19.6 Å². The fraction of sp³-hybridized carbons (Fsp3) is 0.750. The Morgan fingerprint density at radius 1 is 1.16 bits per heavy atom. The molecule has 3 N–H and O–H groups in total. The third-order valence-corrected chi connectivity index (χ3v) is 2.77. The van der Waals surface area contributed by atoms with Crippen LogP contribution in [0.3, 0.4) is 0 Å². The molecule has 0 spiro atoms. The molecule has 0 aliphatic rings. The number of aliphatic carboxylic acids is 1. The van der Waals surface area contributed by atoms with E-state index in [1.807, 2.05) is 13.8 Å². The first-order chi connectivity index (χ1) is 8.74. The first kappa shape index (κ1) is 17.4. The number of nitrogens with zero attached hydrogens (tertiary/aromatic N) is 1. The smallest absolute Gasteiger partial charge is 0.337 e. The van der Waals surface area contributed by atoms with E-state index in [0.717, 1.165) is 6.92 Å². The molecule has 7 nitrogen and oxygen atoms in total. The molecule has 0 saturated heterocycles. The van der Waals surface area contributed by atoms with Gasteiger partial charge >= 0.3 is 5.97 Å². The Balaban J connectivity index is 4.07. The molecule has 110 valence electrons. The average Bonchev–Trinajstić information content (AvgIpc) is 2.35. The molecule has 2 amide bonds. The van der Waals surface area contributed by atoms with Gasteiger partial charge in [0.15, 0.2) is 5.60 Å². The van der Waals surface area contributed by atoms with Crippen molar-refractivity contribution < 1.29 is 24.6 Å². The van der Waals surface area contributed by atoms with Crippen LogP contribution in [0.25, 0.3) is 0 Å². The van der Waals surface area contributed by atoms with Crippen molar-refractivity contribution in [3.05, 3.63) is 0 Å². The minimum atomic E-state index is -2.00. The van der Waals surface area contributed by atoms with Crippen LogP contribution in [0.2, 0.25) is 0 Å². The van der Waals surface area contributed by atoms with Gasteiger partial charge < -0.3 is 20.4 Å². The summed E-state index contributed by atoms with van der Waals surface area (Å²) in [6, 6.07) is 0. The number of carbonyl (C=O) groups is 3. The molecule has 0 rings (SSSR count). The van der Waals surface area contributed by atoms with Gasteiger partial charge in [-0.15, -0.1) is 0 Å². The zero-order valence-electron chi connectivity index (χ0n) is 11.6. The summed E-state index contributed by atoms with van der Waals surface area (Å²) in [7, 11) is 0. The van der Waals surface area contributed by atoms with Crippen LogP contribution in [0.1, 0.15) is 33.6 Å². The summed E-state index contributed by atoms with van der Waals surface area (Å²) in [5.41, 5.74) is -2.00. The number of amides is 2. The molecule has 0 heterocycles. The third kappa shape index (κ3) is 6.19. The second-order valence-electron chi connectivity index (χ2n) is 4.42. The van der Waals surface area contributed by atoms with E-state index in [4.69, 9.17) is 5.11 Å². The van der Waals surface area contributed by atoms with E-state index in [-0.39, 0.29) is 25.3 Å². The zero-order chi connectivity index (χ0) is 15.1. The zero-order valence-corrected chi connectivity index (χ0v) is 11.6. The largest absolute Gasteiger partial charge is 0.479 e. The lowest BCUT2D eigenvalue weighted by molar-refractivity contribution is -0.156. The van der Waals surface area contributed by atoms with Crippen molar-refractivity contribution in [1.29, 1.82) is 0 Å². The van der Waals surface area contributed by atoms with Crippen LogP contribution in [0.5, 0.6) is 0 Å². The molecule has 1 atom stereocenters. The van der Waals surface area contributed by atoms with Gasteiger partial charge in [0.25, 0.3) is 0 Å². The SMILES string of the molecule is CCN(CC)C(=O)CCC(=O)NCC(C)(O)C(=O)O. The highest BCUT2D eigenvalue weighted by Gasteiger charge is 2.30. The number of hydrogen-bond donors (Lipinski definition) is 3. The molecule has 0 bridgehead atoms. The predicted octanol–water partition coefficient (Wildman–Crippen LogP) is -0.413. The van der Waals surface area contributed by atoms with Gasteiger partial charge in [-0.3, -0.25) is 9.59 Å². The molecule has 0 aromatic carbocycles. The van der Waals surface area contributed by atoms with Gasteiger partial charge in [-0.25, -0.2) is 4.79 Å². The molecule has 0 aliphatic heterocycles. The summed E-state index contributed by atoms with van der Waals surface area (Å²) in [5, 5.41) is 20.3. The molecular formula is C12H22N2O5. The molecule has 19 heavy (non-hydrogen) atoms. The van der Waals surface area contributed by atoms with Crippen molar-refractivity contribution in [1.82, 2.24) is 10.2 Å². The van der Waals surface area contributed by atoms with Crippen LogP contribution < -0.4 is 5.32 Å². The molecule has 1 unspecified atom stereocenters. The maximum absolute atomic E-state index is 11.6. The summed E-state index contributed by atoms with van der Waals surface area (Å²) in [6.07, 6.45) is 0.0494. The Hall–Kier alpha value is -1.63. The van der Waals surface area contributed by atoms with Gasteiger partial charge in [0.2, 0.25) is 11.8 Å². The Kier molecular flexibility index (Phi) is 7.06. The number of carboxylic acids is 1. The van der Waals surface area contributed by atoms with Crippen LogP contribution >= 0.6 is 0 Å². The second kappa shape index (κ2) is 7.73. The monoisotopic (exact) mass is 274 g/mol. The van der Waals surface area contributed by atoms with Gasteiger partial charge in [0, 0.05) is 25.9 Å². The van der Waals surface area contributed by atoms with Crippen molar-refractivity contribution in [3.8, 4) is 0 Å². The van der Waals surface area contributed by atoms with Crippen LogP contribution in [-0.4, -0.2) is 58.1 Å². The fourth-order valence-corrected chi connectivity index (χ4v) is 1.39. The maximum atomic E-state index is 11.6. The number of aliphatic hydroxyl groups is 1. The topological polar surface area (TPSA) is 107 Å². The quantitative estimate of drug-likeness (QED) is 0.557. The minimum absolute atomic E-state index is 0.0228. The third-order valence-electron chi connectivity index (χ3n) is 2.77. The van der Waals surface area contributed by atoms with E-state index >= 15 is 0 Å². The second-order valence-corrected chi connectivity index (χ2v) is 4.42. The van der Waals surface area contributed by atoms with Gasteiger partial charge in [-0.05, 0) is 20.8 Å². The number of nitrogens with one attached hydrogen (secondary N) is 1. The molecule has 0 saturated carbocycles. The molecule has 0 fully saturated rings. The van der Waals surface area contributed by atoms with E-state index in [9.17, 15) is 19.5 Å². The summed E-state index contributed by atoms with van der Waals surface area (Å²) in [5.74, 6) is -1.99. The highest BCUT2D eigenvalue weighted by Crippen LogP contribution is 2.02. The first-order valence-electron chi connectivity index (χ1n) is 6.24. The highest BCUT2D eigenvalue weighted by atomic mass is 16.4. The van der Waals surface area contributed by atoms with Gasteiger partial charge in [-0.1, -0.05) is 0 Å². The lowest BCUT2D eigenvalue weighted by Gasteiger charge is -2.19. The number of hydrogen-bond acceptors (Lipinski definition) is 4. The molecular weight excluding hydrogens is 252 g/mol. The fourth-order valence-electron chi connectivity index (χ4n) is 1.39. The predicted molar refractivity (Wildman–Crippen MR) is 68.4 cm³/mol. The van der Waals surface area contributed by atoms with Crippen molar-refractivity contribution in [2.45, 2.75) is 39.2 Å². The molecule has 0 aliphatic carbocycles. The average molecular weight is 274 g/mol. The van der Waals surface area contributed by atoms with Crippen LogP contribution in [-0.2, 0) is 14.4 Å². The van der Waals surface area contributed by atoms with E-state index in [1.165, 1.54) is 0 Å². The van der Waals surface area contributed by atoms with Crippen molar-refractivity contribution >= 4 is 17.8 Å². The van der Waals surface area contributed by atoms with Gasteiger partial charge in [0.1, 0.15) is 0 Å². The van der Waals surface area contributed by atoms with Crippen LogP contribution in [0.15, 0.2) is 0 Å². The number of rotatable bonds is 8. The molecule has 7 heteroatoms. The Morgan fingerprint density at radius 2 is 1.68 bits per heavy atom. The molecule has 0 radical (unpaired) electrons. The normalized spacial score (nSPS) is 13.5. The van der Waals surface area contributed by atoms with E-state index in [0.29, 0.717) is 13.1 Å². The van der Waals surface area contributed by atoms with E-state index in [2.05, 4.69) is 5.32 Å². The number of carboxylic acid groups (broad SMARTS) is 1.